The Bertz CT molecular complexity index is 756. The molecule has 0 unspecified atom stereocenters. The molecule has 2 aromatic carbocycles. The Hall–Kier alpha value is -2.80. The fraction of sp³-hybridized carbons (Fsp3) is 0.300. The molecule has 4 heteroatoms. The number of carbonyl (C=O) groups is 1. The van der Waals surface area contributed by atoms with Crippen molar-refractivity contribution < 1.29 is 4.79 Å². The van der Waals surface area contributed by atoms with Crippen molar-refractivity contribution in [2.24, 2.45) is 0 Å². The third-order valence-electron chi connectivity index (χ3n) is 4.83. The van der Waals surface area contributed by atoms with Crippen molar-refractivity contribution in [1.82, 2.24) is 4.90 Å². The summed E-state index contributed by atoms with van der Waals surface area (Å²) in [7, 11) is 0. The van der Waals surface area contributed by atoms with E-state index in [4.69, 9.17) is 0 Å². The minimum absolute atomic E-state index is 0.0936. The average molecular weight is 319 g/mol. The molecule has 1 fully saturated rings. The van der Waals surface area contributed by atoms with Crippen molar-refractivity contribution in [1.29, 1.82) is 5.26 Å². The molecule has 0 aromatic heterocycles. The summed E-state index contributed by atoms with van der Waals surface area (Å²) in [5, 5.41) is 12.7. The van der Waals surface area contributed by atoms with Crippen LogP contribution in [-0.4, -0.2) is 24.0 Å². The van der Waals surface area contributed by atoms with Crippen LogP contribution >= 0.6 is 0 Å². The predicted octanol–water partition coefficient (Wildman–Crippen LogP) is 4.08. The number of nitrogens with zero attached hydrogens (tertiary/aromatic N) is 2. The van der Waals surface area contributed by atoms with E-state index in [-0.39, 0.29) is 6.03 Å². The van der Waals surface area contributed by atoms with E-state index in [1.54, 1.807) is 4.90 Å². The summed E-state index contributed by atoms with van der Waals surface area (Å²) in [6.45, 7) is 3.14. The SMILES string of the molecule is Cc1ccccc1NC(=O)N1CCC(C#N)(c2ccccc2)CC1. The number of para-hydroxylation sites is 1. The summed E-state index contributed by atoms with van der Waals surface area (Å²) in [6, 6.07) is 20.0. The van der Waals surface area contributed by atoms with Gasteiger partial charge in [-0.05, 0) is 37.0 Å². The molecule has 0 spiro atoms. The van der Waals surface area contributed by atoms with Gasteiger partial charge in [0.15, 0.2) is 0 Å². The zero-order chi connectivity index (χ0) is 17.0. The second kappa shape index (κ2) is 6.76. The van der Waals surface area contributed by atoms with Crippen LogP contribution in [0.25, 0.3) is 0 Å². The second-order valence-electron chi connectivity index (χ2n) is 6.29. The number of aryl methyl sites for hydroxylation is 1. The standard InChI is InChI=1S/C20H21N3O/c1-16-7-5-6-10-18(16)22-19(24)23-13-11-20(15-21,12-14-23)17-8-3-2-4-9-17/h2-10H,11-14H2,1H3,(H,22,24). The number of carbonyl (C=O) groups excluding carboxylic acids is 1. The van der Waals surface area contributed by atoms with E-state index in [2.05, 4.69) is 11.4 Å². The van der Waals surface area contributed by atoms with Crippen LogP contribution in [0, 0.1) is 18.3 Å². The Balaban J connectivity index is 1.67. The first-order valence-electron chi connectivity index (χ1n) is 8.23. The highest BCUT2D eigenvalue weighted by Crippen LogP contribution is 2.35. The summed E-state index contributed by atoms with van der Waals surface area (Å²) in [4.78, 5) is 14.3. The highest BCUT2D eigenvalue weighted by atomic mass is 16.2. The van der Waals surface area contributed by atoms with Crippen molar-refractivity contribution in [3.05, 3.63) is 65.7 Å². The molecule has 24 heavy (non-hydrogen) atoms. The molecule has 1 N–H and O–H groups in total. The fourth-order valence-corrected chi connectivity index (χ4v) is 3.22. The van der Waals surface area contributed by atoms with E-state index in [0.717, 1.165) is 16.8 Å². The van der Waals surface area contributed by atoms with Crippen LogP contribution in [0.3, 0.4) is 0 Å². The summed E-state index contributed by atoms with van der Waals surface area (Å²) in [5.41, 5.74) is 2.44. The van der Waals surface area contributed by atoms with Gasteiger partial charge in [0.05, 0.1) is 11.5 Å². The molecule has 122 valence electrons. The van der Waals surface area contributed by atoms with Crippen LogP contribution in [0.2, 0.25) is 0 Å². The minimum Gasteiger partial charge on any atom is -0.324 e. The highest BCUT2D eigenvalue weighted by molar-refractivity contribution is 5.90. The lowest BCUT2D eigenvalue weighted by Crippen LogP contribution is -2.46. The lowest BCUT2D eigenvalue weighted by molar-refractivity contribution is 0.183. The molecular weight excluding hydrogens is 298 g/mol. The van der Waals surface area contributed by atoms with Gasteiger partial charge in [-0.3, -0.25) is 0 Å². The van der Waals surface area contributed by atoms with Gasteiger partial charge in [-0.2, -0.15) is 5.26 Å². The van der Waals surface area contributed by atoms with Crippen LogP contribution in [-0.2, 0) is 5.41 Å². The van der Waals surface area contributed by atoms with Gasteiger partial charge >= 0.3 is 6.03 Å². The fourth-order valence-electron chi connectivity index (χ4n) is 3.22. The van der Waals surface area contributed by atoms with Gasteiger partial charge in [-0.25, -0.2) is 4.79 Å². The number of amides is 2. The number of urea groups is 1. The summed E-state index contributed by atoms with van der Waals surface area (Å²) in [5.74, 6) is 0. The largest absolute Gasteiger partial charge is 0.324 e. The zero-order valence-corrected chi connectivity index (χ0v) is 13.8. The average Bonchev–Trinajstić information content (AvgIpc) is 2.64. The molecule has 1 saturated heterocycles. The Morgan fingerprint density at radius 2 is 1.71 bits per heavy atom. The number of likely N-dealkylation sites (tertiary alicyclic amines) is 1. The minimum atomic E-state index is -0.485. The third kappa shape index (κ3) is 3.11. The van der Waals surface area contributed by atoms with Crippen molar-refractivity contribution in [2.75, 3.05) is 18.4 Å². The number of hydrogen-bond donors (Lipinski definition) is 1. The molecule has 1 aliphatic heterocycles. The van der Waals surface area contributed by atoms with Gasteiger partial charge in [0.1, 0.15) is 0 Å². The highest BCUT2D eigenvalue weighted by Gasteiger charge is 2.37. The van der Waals surface area contributed by atoms with Crippen molar-refractivity contribution in [3.63, 3.8) is 0 Å². The maximum Gasteiger partial charge on any atom is 0.321 e. The van der Waals surface area contributed by atoms with Gasteiger partial charge in [0.2, 0.25) is 0 Å². The number of piperidine rings is 1. The van der Waals surface area contributed by atoms with E-state index in [0.29, 0.717) is 25.9 Å². The predicted molar refractivity (Wildman–Crippen MR) is 94.7 cm³/mol. The van der Waals surface area contributed by atoms with Gasteiger partial charge in [-0.1, -0.05) is 48.5 Å². The third-order valence-corrected chi connectivity index (χ3v) is 4.83. The number of hydrogen-bond acceptors (Lipinski definition) is 2. The molecular formula is C20H21N3O. The molecule has 0 aliphatic carbocycles. The molecule has 0 bridgehead atoms. The van der Waals surface area contributed by atoms with Gasteiger partial charge in [0, 0.05) is 18.8 Å². The Labute approximate surface area is 142 Å². The van der Waals surface area contributed by atoms with Crippen LogP contribution in [0.4, 0.5) is 10.5 Å². The van der Waals surface area contributed by atoms with Crippen LogP contribution < -0.4 is 5.32 Å². The monoisotopic (exact) mass is 319 g/mol. The lowest BCUT2D eigenvalue weighted by Gasteiger charge is -2.37. The summed E-state index contributed by atoms with van der Waals surface area (Å²) in [6.07, 6.45) is 1.32. The summed E-state index contributed by atoms with van der Waals surface area (Å²) >= 11 is 0. The van der Waals surface area contributed by atoms with Crippen molar-refractivity contribution in [2.45, 2.75) is 25.2 Å². The number of nitrogens with one attached hydrogen (secondary N) is 1. The maximum atomic E-state index is 12.5. The smallest absolute Gasteiger partial charge is 0.321 e. The van der Waals surface area contributed by atoms with E-state index in [1.165, 1.54) is 0 Å². The molecule has 4 nitrogen and oxygen atoms in total. The molecule has 1 heterocycles. The first-order valence-corrected chi connectivity index (χ1v) is 8.23. The Morgan fingerprint density at radius 3 is 2.33 bits per heavy atom. The normalized spacial score (nSPS) is 16.2. The Kier molecular flexibility index (Phi) is 4.52. The molecule has 2 aromatic rings. The van der Waals surface area contributed by atoms with Gasteiger partial charge in [-0.15, -0.1) is 0 Å². The number of rotatable bonds is 2. The van der Waals surface area contributed by atoms with E-state index >= 15 is 0 Å². The van der Waals surface area contributed by atoms with E-state index in [9.17, 15) is 10.1 Å². The maximum absolute atomic E-state index is 12.5. The zero-order valence-electron chi connectivity index (χ0n) is 13.8. The number of nitriles is 1. The number of anilines is 1. The van der Waals surface area contributed by atoms with Crippen LogP contribution in [0.1, 0.15) is 24.0 Å². The topological polar surface area (TPSA) is 56.1 Å². The molecule has 1 aliphatic rings. The first-order chi connectivity index (χ1) is 11.6. The quantitative estimate of drug-likeness (QED) is 0.906. The molecule has 3 rings (SSSR count). The molecule has 0 atom stereocenters. The van der Waals surface area contributed by atoms with Crippen molar-refractivity contribution in [3.8, 4) is 6.07 Å². The van der Waals surface area contributed by atoms with Gasteiger partial charge in [0.25, 0.3) is 0 Å². The van der Waals surface area contributed by atoms with E-state index in [1.807, 2.05) is 61.5 Å². The summed E-state index contributed by atoms with van der Waals surface area (Å²) < 4.78 is 0. The second-order valence-corrected chi connectivity index (χ2v) is 6.29. The lowest BCUT2D eigenvalue weighted by atomic mass is 9.74. The molecule has 2 amide bonds. The van der Waals surface area contributed by atoms with Gasteiger partial charge < -0.3 is 10.2 Å². The molecule has 0 radical (unpaired) electrons. The van der Waals surface area contributed by atoms with Crippen molar-refractivity contribution >= 4 is 11.7 Å². The van der Waals surface area contributed by atoms with E-state index < -0.39 is 5.41 Å². The Morgan fingerprint density at radius 1 is 1.08 bits per heavy atom. The van der Waals surface area contributed by atoms with Crippen LogP contribution in [0.15, 0.2) is 54.6 Å². The molecule has 0 saturated carbocycles. The van der Waals surface area contributed by atoms with Crippen LogP contribution in [0.5, 0.6) is 0 Å². The number of benzene rings is 2. The first kappa shape index (κ1) is 16.1.